The van der Waals surface area contributed by atoms with Crippen LogP contribution in [0.15, 0.2) is 34.9 Å². The van der Waals surface area contributed by atoms with Gasteiger partial charge in [-0.25, -0.2) is 4.79 Å². The molecule has 0 rings (SSSR count). The van der Waals surface area contributed by atoms with Crippen LogP contribution in [0.3, 0.4) is 0 Å². The lowest BCUT2D eigenvalue weighted by molar-refractivity contribution is -0.139. The van der Waals surface area contributed by atoms with Crippen molar-refractivity contribution in [1.82, 2.24) is 4.90 Å². The second kappa shape index (κ2) is 9.23. The number of rotatable bonds is 8. The summed E-state index contributed by atoms with van der Waals surface area (Å²) in [6.07, 6.45) is 0.848. The Bertz CT molecular complexity index is 556. The molecular weight excluding hydrogens is 286 g/mol. The Kier molecular flexibility index (Phi) is 8.08. The number of ether oxygens (including phenoxy) is 1. The van der Waals surface area contributed by atoms with E-state index >= 15 is 0 Å². The normalized spacial score (nSPS) is 12.5. The number of aldehydes is 1. The lowest BCUT2D eigenvalue weighted by Gasteiger charge is -2.20. The zero-order valence-electron chi connectivity index (χ0n) is 13.0. The smallest absolute Gasteiger partial charge is 0.333 e. The summed E-state index contributed by atoms with van der Waals surface area (Å²) in [4.78, 5) is 23.3. The number of carbonyl (C=O) groups is 2. The highest BCUT2D eigenvalue weighted by Crippen LogP contribution is 2.13. The van der Waals surface area contributed by atoms with E-state index in [0.29, 0.717) is 24.8 Å². The van der Waals surface area contributed by atoms with Crippen molar-refractivity contribution in [1.29, 1.82) is 5.26 Å². The van der Waals surface area contributed by atoms with Crippen LogP contribution < -0.4 is 5.73 Å². The highest BCUT2D eigenvalue weighted by molar-refractivity contribution is 5.86. The van der Waals surface area contributed by atoms with Crippen LogP contribution in [-0.2, 0) is 14.3 Å². The summed E-state index contributed by atoms with van der Waals surface area (Å²) in [6.45, 7) is 7.03. The van der Waals surface area contributed by atoms with Crippen LogP contribution in [0.2, 0.25) is 0 Å². The van der Waals surface area contributed by atoms with E-state index < -0.39 is 5.97 Å². The number of nitrogens with two attached hydrogens (primary N) is 1. The minimum Gasteiger partial charge on any atom is -0.493 e. The van der Waals surface area contributed by atoms with Crippen molar-refractivity contribution in [2.75, 3.05) is 20.2 Å². The molecule has 0 amide bonds. The highest BCUT2D eigenvalue weighted by Gasteiger charge is 2.12. The lowest BCUT2D eigenvalue weighted by Crippen LogP contribution is -2.24. The molecule has 0 saturated carbocycles. The number of aliphatic hydroxyl groups is 1. The molecule has 0 spiro atoms. The maximum Gasteiger partial charge on any atom is 0.333 e. The number of carbonyl (C=O) groups excluding carboxylic acids is 2. The molecule has 0 aliphatic heterocycles. The molecule has 0 saturated heterocycles. The van der Waals surface area contributed by atoms with Crippen LogP contribution in [0, 0.1) is 11.3 Å². The zero-order valence-corrected chi connectivity index (χ0v) is 13.0. The third-order valence-corrected chi connectivity index (χ3v) is 2.87. The van der Waals surface area contributed by atoms with Gasteiger partial charge in [0.2, 0.25) is 5.88 Å². The third-order valence-electron chi connectivity index (χ3n) is 2.87. The van der Waals surface area contributed by atoms with Crippen molar-refractivity contribution in [2.24, 2.45) is 5.73 Å². The van der Waals surface area contributed by atoms with Crippen LogP contribution in [0.25, 0.3) is 0 Å². The van der Waals surface area contributed by atoms with Crippen molar-refractivity contribution in [3.05, 3.63) is 34.9 Å². The molecule has 0 unspecified atom stereocenters. The molecular formula is C15H21N3O4. The van der Waals surface area contributed by atoms with E-state index in [1.807, 2.05) is 0 Å². The molecule has 0 radical (unpaired) electrons. The van der Waals surface area contributed by atoms with Crippen molar-refractivity contribution >= 4 is 12.3 Å². The molecule has 0 fully saturated rings. The molecule has 0 aliphatic rings. The van der Waals surface area contributed by atoms with Gasteiger partial charge in [0.05, 0.1) is 17.9 Å². The van der Waals surface area contributed by atoms with Gasteiger partial charge in [0.25, 0.3) is 0 Å². The summed E-state index contributed by atoms with van der Waals surface area (Å²) < 4.78 is 4.92. The van der Waals surface area contributed by atoms with Gasteiger partial charge in [0.15, 0.2) is 6.29 Å². The number of hydrogen-bond donors (Lipinski definition) is 2. The molecule has 0 aromatic carbocycles. The van der Waals surface area contributed by atoms with Crippen molar-refractivity contribution in [3.8, 4) is 6.07 Å². The van der Waals surface area contributed by atoms with Gasteiger partial charge in [-0.15, -0.1) is 0 Å². The summed E-state index contributed by atoms with van der Waals surface area (Å²) in [5, 5.41) is 18.8. The Morgan fingerprint density at radius 2 is 2.09 bits per heavy atom. The van der Waals surface area contributed by atoms with Gasteiger partial charge in [-0.05, 0) is 25.8 Å². The minimum absolute atomic E-state index is 0.0509. The monoisotopic (exact) mass is 307 g/mol. The Hall–Kier alpha value is -2.75. The minimum atomic E-state index is -0.467. The van der Waals surface area contributed by atoms with E-state index in [1.54, 1.807) is 20.0 Å². The van der Waals surface area contributed by atoms with Crippen LogP contribution in [0.5, 0.6) is 0 Å². The Balaban J connectivity index is 4.69. The van der Waals surface area contributed by atoms with E-state index in [0.717, 1.165) is 0 Å². The first-order valence-electron chi connectivity index (χ1n) is 6.55. The molecule has 0 bridgehead atoms. The van der Waals surface area contributed by atoms with Gasteiger partial charge < -0.3 is 20.5 Å². The quantitative estimate of drug-likeness (QED) is 0.131. The van der Waals surface area contributed by atoms with Gasteiger partial charge in [-0.2, -0.15) is 5.26 Å². The number of nitriles is 1. The number of allylic oxidation sites excluding steroid dienone is 2. The Morgan fingerprint density at radius 3 is 2.55 bits per heavy atom. The second-order valence-corrected chi connectivity index (χ2v) is 4.70. The first kappa shape index (κ1) is 19.2. The maximum atomic E-state index is 11.2. The maximum absolute atomic E-state index is 11.2. The average molecular weight is 307 g/mol. The molecule has 7 nitrogen and oxygen atoms in total. The molecule has 0 heterocycles. The molecule has 120 valence electrons. The average Bonchev–Trinajstić information content (AvgIpc) is 2.50. The fraction of sp³-hybridized carbons (Fsp3) is 0.400. The highest BCUT2D eigenvalue weighted by atomic mass is 16.5. The van der Waals surface area contributed by atoms with Gasteiger partial charge in [0, 0.05) is 19.2 Å². The summed E-state index contributed by atoms with van der Waals surface area (Å²) in [5.74, 6) is -0.719. The Labute approximate surface area is 130 Å². The predicted octanol–water partition coefficient (Wildman–Crippen LogP) is 1.15. The van der Waals surface area contributed by atoms with E-state index in [1.165, 1.54) is 11.8 Å². The molecule has 0 aromatic heterocycles. The molecule has 0 aromatic rings. The molecule has 22 heavy (non-hydrogen) atoms. The summed E-state index contributed by atoms with van der Waals surface area (Å²) in [5.41, 5.74) is 6.06. The second-order valence-electron chi connectivity index (χ2n) is 4.70. The van der Waals surface area contributed by atoms with Crippen LogP contribution in [0.1, 0.15) is 20.3 Å². The van der Waals surface area contributed by atoms with Crippen LogP contribution in [-0.4, -0.2) is 42.5 Å². The standard InChI is InChI=1S/C15H21N3O4/c1-10(2)15(21)22-7-5-6-18(4)14(20)13(17)11(3)12(8-16)9-19/h9,20H,1,5-7,17H2,2-4H3/b12-11-,14-13-. The summed E-state index contributed by atoms with van der Waals surface area (Å²) >= 11 is 0. The van der Waals surface area contributed by atoms with Crippen LogP contribution in [0.4, 0.5) is 0 Å². The zero-order chi connectivity index (χ0) is 17.3. The number of nitrogens with zero attached hydrogens (tertiary/aromatic N) is 2. The number of aliphatic hydroxyl groups excluding tert-OH is 1. The topological polar surface area (TPSA) is 117 Å². The van der Waals surface area contributed by atoms with E-state index in [-0.39, 0.29) is 29.3 Å². The van der Waals surface area contributed by atoms with Crippen molar-refractivity contribution in [3.63, 3.8) is 0 Å². The van der Waals surface area contributed by atoms with Gasteiger partial charge in [-0.1, -0.05) is 6.58 Å². The molecule has 7 heteroatoms. The summed E-state index contributed by atoms with van der Waals surface area (Å²) in [7, 11) is 1.59. The SMILES string of the molecule is C=C(C)C(=O)OCCCN(C)/C(O)=C(N)\C(C)=C(\C#N)C=O. The number of hydrogen-bond acceptors (Lipinski definition) is 7. The van der Waals surface area contributed by atoms with E-state index in [4.69, 9.17) is 15.7 Å². The van der Waals surface area contributed by atoms with E-state index in [9.17, 15) is 14.7 Å². The largest absolute Gasteiger partial charge is 0.493 e. The molecule has 3 N–H and O–H groups in total. The fourth-order valence-electron chi connectivity index (χ4n) is 1.41. The third kappa shape index (κ3) is 5.71. The molecule has 0 aliphatic carbocycles. The van der Waals surface area contributed by atoms with Gasteiger partial charge in [-0.3, -0.25) is 4.79 Å². The first-order valence-corrected chi connectivity index (χ1v) is 6.55. The Morgan fingerprint density at radius 1 is 1.50 bits per heavy atom. The van der Waals surface area contributed by atoms with Crippen molar-refractivity contribution < 1.29 is 19.4 Å². The lowest BCUT2D eigenvalue weighted by atomic mass is 10.1. The van der Waals surface area contributed by atoms with Gasteiger partial charge >= 0.3 is 5.97 Å². The predicted molar refractivity (Wildman–Crippen MR) is 81.2 cm³/mol. The van der Waals surface area contributed by atoms with E-state index in [2.05, 4.69) is 6.58 Å². The van der Waals surface area contributed by atoms with Crippen LogP contribution >= 0.6 is 0 Å². The first-order chi connectivity index (χ1) is 10.3. The number of esters is 1. The molecule has 0 atom stereocenters. The fourth-order valence-corrected chi connectivity index (χ4v) is 1.41. The van der Waals surface area contributed by atoms with Crippen molar-refractivity contribution in [2.45, 2.75) is 20.3 Å². The van der Waals surface area contributed by atoms with Gasteiger partial charge in [0.1, 0.15) is 6.07 Å². The summed E-state index contributed by atoms with van der Waals surface area (Å²) in [6, 6.07) is 1.70.